The standard InChI is InChI=1S/C37H31N3O3/c1-22-18-23(2)35(24(3)19-22)37(41)29-13-17-34-32(21-29)31-20-28(36(39-43)27-8-6-5-7-9-27)12-16-33(31)40(34)30-14-10-26(11-15-30)25(4)38-42/h5-21,42-43H,1-4H3/b38-25+,39-36+. The summed E-state index contributed by atoms with van der Waals surface area (Å²) in [5, 5.41) is 28.1. The average Bonchev–Trinajstić information content (AvgIpc) is 3.34. The summed E-state index contributed by atoms with van der Waals surface area (Å²) in [7, 11) is 0. The summed E-state index contributed by atoms with van der Waals surface area (Å²) in [6.45, 7) is 7.75. The highest BCUT2D eigenvalue weighted by atomic mass is 16.4. The number of aromatic nitrogens is 1. The zero-order valence-electron chi connectivity index (χ0n) is 24.5. The monoisotopic (exact) mass is 565 g/mol. The molecule has 0 saturated heterocycles. The minimum Gasteiger partial charge on any atom is -0.411 e. The van der Waals surface area contributed by atoms with E-state index < -0.39 is 0 Å². The van der Waals surface area contributed by atoms with Crippen molar-refractivity contribution in [1.29, 1.82) is 0 Å². The normalized spacial score (nSPS) is 12.3. The number of rotatable bonds is 6. The number of carbonyl (C=O) groups excluding carboxylic acids is 1. The Hall–Kier alpha value is -5.49. The van der Waals surface area contributed by atoms with Crippen molar-refractivity contribution in [3.63, 3.8) is 0 Å². The third-order valence-electron chi connectivity index (χ3n) is 8.05. The lowest BCUT2D eigenvalue weighted by molar-refractivity contribution is 0.103. The van der Waals surface area contributed by atoms with Crippen LogP contribution in [0, 0.1) is 20.8 Å². The van der Waals surface area contributed by atoms with Gasteiger partial charge in [-0.05, 0) is 86.8 Å². The van der Waals surface area contributed by atoms with Crippen LogP contribution in [0.25, 0.3) is 27.5 Å². The lowest BCUT2D eigenvalue weighted by atomic mass is 9.92. The first-order valence-corrected chi connectivity index (χ1v) is 14.1. The first kappa shape index (κ1) is 27.7. The number of hydrogen-bond acceptors (Lipinski definition) is 5. The molecule has 0 aliphatic heterocycles. The molecule has 0 spiro atoms. The van der Waals surface area contributed by atoms with Crippen LogP contribution in [0.3, 0.4) is 0 Å². The summed E-state index contributed by atoms with van der Waals surface area (Å²) in [6.07, 6.45) is 0. The molecular weight excluding hydrogens is 534 g/mol. The zero-order chi connectivity index (χ0) is 30.2. The van der Waals surface area contributed by atoms with Gasteiger partial charge in [-0.25, -0.2) is 0 Å². The molecule has 5 aromatic carbocycles. The molecule has 0 atom stereocenters. The van der Waals surface area contributed by atoms with Crippen LogP contribution in [-0.4, -0.2) is 32.2 Å². The summed E-state index contributed by atoms with van der Waals surface area (Å²) in [6, 6.07) is 33.3. The quantitative estimate of drug-likeness (QED) is 0.0921. The van der Waals surface area contributed by atoms with Gasteiger partial charge in [0.1, 0.15) is 5.71 Å². The molecule has 0 unspecified atom stereocenters. The number of aryl methyl sites for hydroxylation is 3. The maximum atomic E-state index is 13.9. The van der Waals surface area contributed by atoms with Crippen LogP contribution in [0.4, 0.5) is 0 Å². The van der Waals surface area contributed by atoms with Gasteiger partial charge in [0.2, 0.25) is 0 Å². The topological polar surface area (TPSA) is 87.2 Å². The van der Waals surface area contributed by atoms with Crippen LogP contribution < -0.4 is 0 Å². The van der Waals surface area contributed by atoms with E-state index in [1.54, 1.807) is 6.92 Å². The molecule has 0 aliphatic carbocycles. The Balaban J connectivity index is 1.59. The minimum atomic E-state index is -0.0148. The van der Waals surface area contributed by atoms with Crippen molar-refractivity contribution < 1.29 is 15.2 Å². The van der Waals surface area contributed by atoms with Crippen LogP contribution in [0.5, 0.6) is 0 Å². The van der Waals surface area contributed by atoms with Gasteiger partial charge in [-0.3, -0.25) is 4.79 Å². The van der Waals surface area contributed by atoms with Gasteiger partial charge in [-0.2, -0.15) is 0 Å². The second-order valence-electron chi connectivity index (χ2n) is 10.9. The number of hydrogen-bond donors (Lipinski definition) is 2. The molecule has 6 heteroatoms. The molecule has 0 radical (unpaired) electrons. The largest absolute Gasteiger partial charge is 0.411 e. The minimum absolute atomic E-state index is 0.0148. The summed E-state index contributed by atoms with van der Waals surface area (Å²) >= 11 is 0. The van der Waals surface area contributed by atoms with Crippen LogP contribution in [0.2, 0.25) is 0 Å². The van der Waals surface area contributed by atoms with Crippen molar-refractivity contribution in [2.45, 2.75) is 27.7 Å². The summed E-state index contributed by atoms with van der Waals surface area (Å²) < 4.78 is 2.15. The number of carbonyl (C=O) groups is 1. The number of nitrogens with zero attached hydrogens (tertiary/aromatic N) is 3. The third-order valence-corrected chi connectivity index (χ3v) is 8.05. The van der Waals surface area contributed by atoms with Crippen molar-refractivity contribution in [2.24, 2.45) is 10.3 Å². The molecule has 212 valence electrons. The molecule has 6 rings (SSSR count). The molecule has 0 bridgehead atoms. The molecular formula is C37H31N3O3. The van der Waals surface area contributed by atoms with Crippen LogP contribution >= 0.6 is 0 Å². The maximum absolute atomic E-state index is 13.9. The van der Waals surface area contributed by atoms with Gasteiger partial charge in [-0.1, -0.05) is 76.5 Å². The smallest absolute Gasteiger partial charge is 0.193 e. The van der Waals surface area contributed by atoms with Gasteiger partial charge >= 0.3 is 0 Å². The molecule has 1 heterocycles. The second-order valence-corrected chi connectivity index (χ2v) is 10.9. The molecule has 43 heavy (non-hydrogen) atoms. The summed E-state index contributed by atoms with van der Waals surface area (Å²) in [5.41, 5.74) is 10.5. The molecule has 0 fully saturated rings. The Kier molecular flexibility index (Phi) is 7.12. The second kappa shape index (κ2) is 11.1. The first-order valence-electron chi connectivity index (χ1n) is 14.1. The zero-order valence-corrected chi connectivity index (χ0v) is 24.5. The van der Waals surface area contributed by atoms with Crippen molar-refractivity contribution in [1.82, 2.24) is 4.57 Å². The fraction of sp³-hybridized carbons (Fsp3) is 0.108. The van der Waals surface area contributed by atoms with E-state index in [1.807, 2.05) is 124 Å². The molecule has 0 aliphatic rings. The van der Waals surface area contributed by atoms with E-state index in [1.165, 1.54) is 0 Å². The fourth-order valence-electron chi connectivity index (χ4n) is 6.06. The van der Waals surface area contributed by atoms with Gasteiger partial charge in [0.15, 0.2) is 5.78 Å². The molecule has 0 saturated carbocycles. The Bertz CT molecular complexity index is 2060. The van der Waals surface area contributed by atoms with Crippen molar-refractivity contribution in [2.75, 3.05) is 0 Å². The number of ketones is 1. The highest BCUT2D eigenvalue weighted by molar-refractivity contribution is 6.19. The predicted molar refractivity (Wildman–Crippen MR) is 173 cm³/mol. The van der Waals surface area contributed by atoms with Crippen LogP contribution in [-0.2, 0) is 0 Å². The van der Waals surface area contributed by atoms with Gasteiger partial charge in [0.25, 0.3) is 0 Å². The highest BCUT2D eigenvalue weighted by Gasteiger charge is 2.20. The Morgan fingerprint density at radius 2 is 1.19 bits per heavy atom. The summed E-state index contributed by atoms with van der Waals surface area (Å²) in [4.78, 5) is 13.9. The predicted octanol–water partition coefficient (Wildman–Crippen LogP) is 8.36. The van der Waals surface area contributed by atoms with E-state index in [2.05, 4.69) is 14.9 Å². The lowest BCUT2D eigenvalue weighted by Gasteiger charge is -2.11. The van der Waals surface area contributed by atoms with E-state index >= 15 is 0 Å². The first-order chi connectivity index (χ1) is 20.8. The van der Waals surface area contributed by atoms with Gasteiger partial charge in [0, 0.05) is 38.7 Å². The average molecular weight is 566 g/mol. The SMILES string of the molecule is C/C(=N\O)c1ccc(-n2c3ccc(C(=O)c4c(C)cc(C)cc4C)cc3c3cc(/C(=N/O)c4ccccc4)ccc32)cc1. The fourth-order valence-corrected chi connectivity index (χ4v) is 6.06. The van der Waals surface area contributed by atoms with E-state index in [0.29, 0.717) is 17.0 Å². The van der Waals surface area contributed by atoms with Crippen LogP contribution in [0.1, 0.15) is 56.2 Å². The Morgan fingerprint density at radius 3 is 1.77 bits per heavy atom. The van der Waals surface area contributed by atoms with Gasteiger partial charge in [-0.15, -0.1) is 0 Å². The Labute approximate surface area is 249 Å². The van der Waals surface area contributed by atoms with Crippen molar-refractivity contribution >= 4 is 39.0 Å². The van der Waals surface area contributed by atoms with E-state index in [9.17, 15) is 15.2 Å². The number of fused-ring (bicyclic) bond motifs is 3. The van der Waals surface area contributed by atoms with Crippen LogP contribution in [0.15, 0.2) is 113 Å². The molecule has 0 amide bonds. The lowest BCUT2D eigenvalue weighted by Crippen LogP contribution is -2.07. The number of oxime groups is 2. The molecule has 6 nitrogen and oxygen atoms in total. The Morgan fingerprint density at radius 1 is 0.628 bits per heavy atom. The molecule has 2 N–H and O–H groups in total. The molecule has 1 aromatic heterocycles. The van der Waals surface area contributed by atoms with E-state index in [-0.39, 0.29) is 5.78 Å². The molecule has 6 aromatic rings. The van der Waals surface area contributed by atoms with Gasteiger partial charge < -0.3 is 15.0 Å². The van der Waals surface area contributed by atoms with Gasteiger partial charge in [0.05, 0.1) is 16.7 Å². The van der Waals surface area contributed by atoms with Crippen molar-refractivity contribution in [3.05, 3.63) is 148 Å². The number of benzene rings is 5. The maximum Gasteiger partial charge on any atom is 0.193 e. The van der Waals surface area contributed by atoms with E-state index in [0.717, 1.165) is 66.4 Å². The highest BCUT2D eigenvalue weighted by Crippen LogP contribution is 2.35. The van der Waals surface area contributed by atoms with E-state index in [4.69, 9.17) is 0 Å². The third kappa shape index (κ3) is 4.87. The summed E-state index contributed by atoms with van der Waals surface area (Å²) in [5.74, 6) is -0.0148. The van der Waals surface area contributed by atoms with Crippen molar-refractivity contribution in [3.8, 4) is 5.69 Å².